The lowest BCUT2D eigenvalue weighted by Crippen LogP contribution is -2.54. The van der Waals surface area contributed by atoms with Crippen LogP contribution in [-0.2, 0) is 16.6 Å². The van der Waals surface area contributed by atoms with Crippen LogP contribution >= 0.6 is 0 Å². The monoisotopic (exact) mass is 349 g/mol. The van der Waals surface area contributed by atoms with E-state index in [0.29, 0.717) is 6.04 Å². The van der Waals surface area contributed by atoms with Gasteiger partial charge in [-0.3, -0.25) is 9.48 Å². The molecular weight excluding hydrogens is 318 g/mol. The fourth-order valence-electron chi connectivity index (χ4n) is 3.66. The van der Waals surface area contributed by atoms with Crippen LogP contribution in [0.2, 0.25) is 0 Å². The van der Waals surface area contributed by atoms with Crippen LogP contribution in [0.5, 0.6) is 0 Å². The number of nitrogens with zero attached hydrogens (tertiary/aromatic N) is 3. The molecule has 7 nitrogen and oxygen atoms in total. The fourth-order valence-corrected chi connectivity index (χ4v) is 3.66. The van der Waals surface area contributed by atoms with Gasteiger partial charge in [0.05, 0.1) is 17.9 Å². The Balaban J connectivity index is 1.52. The second-order valence-corrected chi connectivity index (χ2v) is 7.59. The first kappa shape index (κ1) is 18.2. The van der Waals surface area contributed by atoms with Gasteiger partial charge in [-0.05, 0) is 25.2 Å². The van der Waals surface area contributed by atoms with E-state index in [2.05, 4.69) is 34.5 Å². The van der Waals surface area contributed by atoms with Gasteiger partial charge in [-0.2, -0.15) is 5.10 Å². The van der Waals surface area contributed by atoms with Crippen molar-refractivity contribution in [1.82, 2.24) is 20.4 Å². The number of aromatic nitrogens is 2. The molecule has 140 valence electrons. The molecule has 2 atom stereocenters. The molecule has 3 rings (SSSR count). The molecule has 0 aliphatic carbocycles. The first-order valence-corrected chi connectivity index (χ1v) is 9.40. The highest BCUT2D eigenvalue weighted by molar-refractivity contribution is 5.82. The van der Waals surface area contributed by atoms with Gasteiger partial charge in [0, 0.05) is 51.6 Å². The predicted molar refractivity (Wildman–Crippen MR) is 97.6 cm³/mol. The lowest BCUT2D eigenvalue weighted by atomic mass is 9.99. The lowest BCUT2D eigenvalue weighted by Gasteiger charge is -2.30. The number of aryl methyl sites for hydroxylation is 1. The number of amides is 1. The Morgan fingerprint density at radius 2 is 2.04 bits per heavy atom. The van der Waals surface area contributed by atoms with Gasteiger partial charge in [-0.1, -0.05) is 13.8 Å². The summed E-state index contributed by atoms with van der Waals surface area (Å²) in [6, 6.07) is 0.434. The highest BCUT2D eigenvalue weighted by atomic mass is 16.5. The van der Waals surface area contributed by atoms with Gasteiger partial charge in [0.15, 0.2) is 0 Å². The molecule has 2 aliphatic heterocycles. The van der Waals surface area contributed by atoms with Crippen LogP contribution in [0.1, 0.15) is 33.1 Å². The maximum atomic E-state index is 12.8. The van der Waals surface area contributed by atoms with Crippen molar-refractivity contribution in [3.63, 3.8) is 0 Å². The van der Waals surface area contributed by atoms with Crippen LogP contribution in [0.4, 0.5) is 5.69 Å². The number of nitrogens with one attached hydrogen (secondary N) is 2. The topological polar surface area (TPSA) is 71.4 Å². The fraction of sp³-hybridized carbons (Fsp3) is 0.778. The van der Waals surface area contributed by atoms with E-state index >= 15 is 0 Å². The molecule has 0 aromatic carbocycles. The molecule has 1 aromatic heterocycles. The van der Waals surface area contributed by atoms with Crippen LogP contribution in [0.3, 0.4) is 0 Å². The SMILES string of the molecule is CC(C)C(NC1CCOCC1)C(=O)NC1CCN(c2cnn(C)c2)C1. The zero-order valence-electron chi connectivity index (χ0n) is 15.6. The molecule has 0 radical (unpaired) electrons. The summed E-state index contributed by atoms with van der Waals surface area (Å²) in [6.45, 7) is 7.58. The summed E-state index contributed by atoms with van der Waals surface area (Å²) in [6.07, 6.45) is 6.84. The van der Waals surface area contributed by atoms with Crippen molar-refractivity contribution in [2.75, 3.05) is 31.2 Å². The molecule has 0 bridgehead atoms. The summed E-state index contributed by atoms with van der Waals surface area (Å²) in [5.74, 6) is 0.387. The highest BCUT2D eigenvalue weighted by Gasteiger charge is 2.30. The summed E-state index contributed by atoms with van der Waals surface area (Å²) < 4.78 is 7.23. The second kappa shape index (κ2) is 8.19. The number of hydrogen-bond acceptors (Lipinski definition) is 5. The Kier molecular flexibility index (Phi) is 5.96. The quantitative estimate of drug-likeness (QED) is 0.799. The van der Waals surface area contributed by atoms with Crippen molar-refractivity contribution in [2.24, 2.45) is 13.0 Å². The standard InChI is InChI=1S/C18H31N5O2/c1-13(2)17(20-14-5-8-25-9-6-14)18(24)21-15-4-7-23(11-15)16-10-19-22(3)12-16/h10,12-15,17,20H,4-9,11H2,1-3H3,(H,21,24). The molecular formula is C18H31N5O2. The average molecular weight is 349 g/mol. The van der Waals surface area contributed by atoms with Crippen LogP contribution in [0.25, 0.3) is 0 Å². The van der Waals surface area contributed by atoms with E-state index in [-0.39, 0.29) is 23.9 Å². The van der Waals surface area contributed by atoms with E-state index in [1.807, 2.05) is 24.1 Å². The van der Waals surface area contributed by atoms with Crippen molar-refractivity contribution in [3.05, 3.63) is 12.4 Å². The van der Waals surface area contributed by atoms with Crippen LogP contribution < -0.4 is 15.5 Å². The van der Waals surface area contributed by atoms with E-state index in [1.54, 1.807) is 0 Å². The molecule has 0 spiro atoms. The molecule has 2 saturated heterocycles. The molecule has 1 amide bonds. The van der Waals surface area contributed by atoms with Gasteiger partial charge in [-0.25, -0.2) is 0 Å². The summed E-state index contributed by atoms with van der Waals surface area (Å²) in [5.41, 5.74) is 1.12. The molecule has 2 aliphatic rings. The number of carbonyl (C=O) groups is 1. The first-order chi connectivity index (χ1) is 12.0. The lowest BCUT2D eigenvalue weighted by molar-refractivity contribution is -0.125. The molecule has 25 heavy (non-hydrogen) atoms. The zero-order valence-corrected chi connectivity index (χ0v) is 15.6. The highest BCUT2D eigenvalue weighted by Crippen LogP contribution is 2.19. The zero-order chi connectivity index (χ0) is 17.8. The van der Waals surface area contributed by atoms with E-state index < -0.39 is 0 Å². The molecule has 2 unspecified atom stereocenters. The van der Waals surface area contributed by atoms with Crippen molar-refractivity contribution in [3.8, 4) is 0 Å². The summed E-state index contributed by atoms with van der Waals surface area (Å²) >= 11 is 0. The molecule has 1 aromatic rings. The molecule has 2 N–H and O–H groups in total. The van der Waals surface area contributed by atoms with Crippen molar-refractivity contribution >= 4 is 11.6 Å². The Morgan fingerprint density at radius 1 is 1.28 bits per heavy atom. The smallest absolute Gasteiger partial charge is 0.237 e. The number of carbonyl (C=O) groups excluding carboxylic acids is 1. The number of ether oxygens (including phenoxy) is 1. The summed E-state index contributed by atoms with van der Waals surface area (Å²) in [5, 5.41) is 11.0. The number of hydrogen-bond donors (Lipinski definition) is 2. The van der Waals surface area contributed by atoms with Crippen LogP contribution in [0, 0.1) is 5.92 Å². The van der Waals surface area contributed by atoms with Gasteiger partial charge in [0.25, 0.3) is 0 Å². The average Bonchev–Trinajstić information content (AvgIpc) is 3.22. The maximum absolute atomic E-state index is 12.8. The second-order valence-electron chi connectivity index (χ2n) is 7.59. The third-order valence-corrected chi connectivity index (χ3v) is 5.18. The molecule has 0 saturated carbocycles. The van der Waals surface area contributed by atoms with E-state index in [4.69, 9.17) is 4.74 Å². The molecule has 7 heteroatoms. The first-order valence-electron chi connectivity index (χ1n) is 9.40. The number of rotatable bonds is 6. The Morgan fingerprint density at radius 3 is 2.68 bits per heavy atom. The van der Waals surface area contributed by atoms with Gasteiger partial charge in [0.1, 0.15) is 0 Å². The Labute approximate surface area is 150 Å². The molecule has 3 heterocycles. The van der Waals surface area contributed by atoms with Crippen LogP contribution in [0.15, 0.2) is 12.4 Å². The minimum absolute atomic E-state index is 0.125. The largest absolute Gasteiger partial charge is 0.381 e. The molecule has 2 fully saturated rings. The van der Waals surface area contributed by atoms with E-state index in [0.717, 1.165) is 51.3 Å². The maximum Gasteiger partial charge on any atom is 0.237 e. The summed E-state index contributed by atoms with van der Waals surface area (Å²) in [7, 11) is 1.92. The summed E-state index contributed by atoms with van der Waals surface area (Å²) in [4.78, 5) is 15.1. The van der Waals surface area contributed by atoms with E-state index in [1.165, 1.54) is 0 Å². The van der Waals surface area contributed by atoms with Crippen molar-refractivity contribution in [1.29, 1.82) is 0 Å². The Hall–Kier alpha value is -1.60. The van der Waals surface area contributed by atoms with Gasteiger partial charge < -0.3 is 20.3 Å². The van der Waals surface area contributed by atoms with Gasteiger partial charge in [0.2, 0.25) is 5.91 Å². The minimum atomic E-state index is -0.143. The van der Waals surface area contributed by atoms with Crippen molar-refractivity contribution < 1.29 is 9.53 Å². The van der Waals surface area contributed by atoms with Gasteiger partial charge in [-0.15, -0.1) is 0 Å². The number of anilines is 1. The third-order valence-electron chi connectivity index (χ3n) is 5.18. The minimum Gasteiger partial charge on any atom is -0.381 e. The van der Waals surface area contributed by atoms with Crippen LogP contribution in [-0.4, -0.2) is 60.1 Å². The van der Waals surface area contributed by atoms with Crippen molar-refractivity contribution in [2.45, 2.75) is 51.2 Å². The predicted octanol–water partition coefficient (Wildman–Crippen LogP) is 0.908. The Bertz CT molecular complexity index is 568. The normalized spacial score (nSPS) is 23.2. The third kappa shape index (κ3) is 4.73. The van der Waals surface area contributed by atoms with E-state index in [9.17, 15) is 4.79 Å². The van der Waals surface area contributed by atoms with Gasteiger partial charge >= 0.3 is 0 Å².